The molecule has 0 aliphatic carbocycles. The Morgan fingerprint density at radius 1 is 1.38 bits per heavy atom. The number of amides is 1. The zero-order chi connectivity index (χ0) is 15.8. The summed E-state index contributed by atoms with van der Waals surface area (Å²) in [5.74, 6) is -0.237. The molecule has 0 atom stereocenters. The third-order valence-corrected chi connectivity index (χ3v) is 3.16. The normalized spacial score (nSPS) is 11.6. The fraction of sp³-hybridized carbons (Fsp3) is 0.357. The number of hydrogen-bond donors (Lipinski definition) is 3. The van der Waals surface area contributed by atoms with Crippen molar-refractivity contribution in [3.05, 3.63) is 38.9 Å². The van der Waals surface area contributed by atoms with Crippen molar-refractivity contribution < 1.29 is 9.90 Å². The van der Waals surface area contributed by atoms with Gasteiger partial charge in [0.25, 0.3) is 11.5 Å². The van der Waals surface area contributed by atoms with Gasteiger partial charge in [-0.25, -0.2) is 0 Å². The van der Waals surface area contributed by atoms with Crippen molar-refractivity contribution >= 4 is 29.0 Å². The summed E-state index contributed by atoms with van der Waals surface area (Å²) in [4.78, 5) is 30.8. The zero-order valence-corrected chi connectivity index (χ0v) is 12.9. The Hall–Kier alpha value is -1.99. The number of likely N-dealkylation sites (N-methyl/N-ethyl adjacent to an activating group) is 1. The molecule has 2 rings (SSSR count). The Bertz CT molecular complexity index is 801. The number of fused-ring (bicyclic) bond motifs is 1. The number of carbonyl (C=O) groups excluding carboxylic acids is 1. The van der Waals surface area contributed by atoms with Crippen LogP contribution < -0.4 is 5.56 Å². The molecule has 0 unspecified atom stereocenters. The van der Waals surface area contributed by atoms with Crippen molar-refractivity contribution in [1.82, 2.24) is 14.9 Å². The largest absolute Gasteiger partial charge is 0.389 e. The van der Waals surface area contributed by atoms with Gasteiger partial charge < -0.3 is 15.0 Å². The summed E-state index contributed by atoms with van der Waals surface area (Å²) in [7, 11) is 1.62. The molecule has 2 aromatic rings. The molecule has 1 amide bonds. The number of carbonyl (C=O) groups is 1. The molecule has 0 bridgehead atoms. The van der Waals surface area contributed by atoms with Crippen LogP contribution in [0.5, 0.6) is 0 Å². The predicted molar refractivity (Wildman–Crippen MR) is 83.0 cm³/mol. The summed E-state index contributed by atoms with van der Waals surface area (Å²) >= 11 is 4.92. The summed E-state index contributed by atoms with van der Waals surface area (Å²) in [6.45, 7) is 3.47. The zero-order valence-electron chi connectivity index (χ0n) is 12.1. The first-order valence-corrected chi connectivity index (χ1v) is 6.82. The number of aliphatic hydroxyl groups is 1. The first-order chi connectivity index (χ1) is 9.67. The van der Waals surface area contributed by atoms with E-state index in [2.05, 4.69) is 9.97 Å². The second-order valence-electron chi connectivity index (χ2n) is 5.64. The van der Waals surface area contributed by atoms with Crippen LogP contribution in [0.25, 0.3) is 10.9 Å². The molecule has 0 radical (unpaired) electrons. The van der Waals surface area contributed by atoms with Gasteiger partial charge in [-0.1, -0.05) is 0 Å². The lowest BCUT2D eigenvalue weighted by Crippen LogP contribution is -2.39. The van der Waals surface area contributed by atoms with E-state index in [0.717, 1.165) is 0 Å². The Morgan fingerprint density at radius 3 is 2.67 bits per heavy atom. The van der Waals surface area contributed by atoms with Crippen molar-refractivity contribution in [1.29, 1.82) is 0 Å². The van der Waals surface area contributed by atoms with Gasteiger partial charge in [0.05, 0.1) is 16.5 Å². The number of rotatable bonds is 3. The van der Waals surface area contributed by atoms with Crippen molar-refractivity contribution in [3.63, 3.8) is 0 Å². The van der Waals surface area contributed by atoms with Gasteiger partial charge >= 0.3 is 0 Å². The highest BCUT2D eigenvalue weighted by atomic mass is 32.1. The third kappa shape index (κ3) is 3.56. The second-order valence-corrected chi connectivity index (χ2v) is 6.05. The van der Waals surface area contributed by atoms with E-state index in [1.54, 1.807) is 39.1 Å². The minimum Gasteiger partial charge on any atom is -0.389 e. The molecule has 21 heavy (non-hydrogen) atoms. The molecule has 3 N–H and O–H groups in total. The number of aromatic nitrogens is 2. The Kier molecular flexibility index (Phi) is 3.97. The summed E-state index contributed by atoms with van der Waals surface area (Å²) in [5.41, 5.74) is -0.340. The van der Waals surface area contributed by atoms with Crippen LogP contribution in [0.3, 0.4) is 0 Å². The Labute approximate surface area is 126 Å². The van der Waals surface area contributed by atoms with Crippen LogP contribution in [-0.2, 0) is 0 Å². The molecule has 0 spiro atoms. The molecular formula is C14H17N3O3S. The van der Waals surface area contributed by atoms with Crippen molar-refractivity contribution in [2.24, 2.45) is 0 Å². The lowest BCUT2D eigenvalue weighted by Gasteiger charge is -2.25. The molecule has 1 aromatic carbocycles. The number of benzene rings is 1. The topological polar surface area (TPSA) is 89.2 Å². The van der Waals surface area contributed by atoms with E-state index < -0.39 is 5.60 Å². The van der Waals surface area contributed by atoms with E-state index in [-0.39, 0.29) is 22.8 Å². The molecule has 0 aliphatic rings. The van der Waals surface area contributed by atoms with E-state index in [0.29, 0.717) is 16.5 Å². The van der Waals surface area contributed by atoms with Gasteiger partial charge in [-0.05, 0) is 44.3 Å². The SMILES string of the molecule is CN(CC(C)(C)O)C(=O)c1ccc2c(=O)[nH]c(=S)[nH]c2c1. The van der Waals surface area contributed by atoms with Crippen LogP contribution in [0, 0.1) is 4.77 Å². The summed E-state index contributed by atoms with van der Waals surface area (Å²) in [6, 6.07) is 4.74. The molecule has 6 nitrogen and oxygen atoms in total. The highest BCUT2D eigenvalue weighted by Crippen LogP contribution is 2.13. The van der Waals surface area contributed by atoms with Crippen LogP contribution in [0.4, 0.5) is 0 Å². The minimum absolute atomic E-state index is 0.204. The van der Waals surface area contributed by atoms with Gasteiger partial charge in [0.15, 0.2) is 4.77 Å². The van der Waals surface area contributed by atoms with Crippen LogP contribution in [0.15, 0.2) is 23.0 Å². The maximum Gasteiger partial charge on any atom is 0.259 e. The Morgan fingerprint density at radius 2 is 2.05 bits per heavy atom. The van der Waals surface area contributed by atoms with Crippen LogP contribution in [0.1, 0.15) is 24.2 Å². The van der Waals surface area contributed by atoms with Crippen LogP contribution in [-0.4, -0.2) is 45.1 Å². The fourth-order valence-electron chi connectivity index (χ4n) is 2.18. The smallest absolute Gasteiger partial charge is 0.259 e. The van der Waals surface area contributed by atoms with E-state index in [9.17, 15) is 14.7 Å². The number of nitrogens with zero attached hydrogens (tertiary/aromatic N) is 1. The van der Waals surface area contributed by atoms with Crippen molar-refractivity contribution in [2.75, 3.05) is 13.6 Å². The maximum absolute atomic E-state index is 12.3. The van der Waals surface area contributed by atoms with Crippen molar-refractivity contribution in [2.45, 2.75) is 19.4 Å². The fourth-order valence-corrected chi connectivity index (χ4v) is 2.38. The highest BCUT2D eigenvalue weighted by molar-refractivity contribution is 7.71. The summed E-state index contributed by atoms with van der Waals surface area (Å²) in [5, 5.41) is 10.2. The molecule has 1 heterocycles. The highest BCUT2D eigenvalue weighted by Gasteiger charge is 2.20. The predicted octanol–water partition coefficient (Wildman–Crippen LogP) is 1.43. The molecule has 112 valence electrons. The van der Waals surface area contributed by atoms with E-state index in [1.807, 2.05) is 0 Å². The number of nitrogens with one attached hydrogen (secondary N) is 2. The maximum atomic E-state index is 12.3. The molecule has 0 saturated carbocycles. The molecule has 1 aromatic heterocycles. The average molecular weight is 307 g/mol. The monoisotopic (exact) mass is 307 g/mol. The number of aromatic amines is 2. The molecule has 7 heteroatoms. The lowest BCUT2D eigenvalue weighted by atomic mass is 10.1. The minimum atomic E-state index is -0.974. The first kappa shape index (κ1) is 15.4. The molecule has 0 saturated heterocycles. The summed E-state index contributed by atoms with van der Waals surface area (Å²) in [6.07, 6.45) is 0. The Balaban J connectivity index is 2.41. The van der Waals surface area contributed by atoms with E-state index in [1.165, 1.54) is 4.90 Å². The van der Waals surface area contributed by atoms with E-state index in [4.69, 9.17) is 12.2 Å². The summed E-state index contributed by atoms with van der Waals surface area (Å²) < 4.78 is 0.210. The van der Waals surface area contributed by atoms with Crippen LogP contribution >= 0.6 is 12.2 Å². The van der Waals surface area contributed by atoms with E-state index >= 15 is 0 Å². The first-order valence-electron chi connectivity index (χ1n) is 6.41. The molecule has 0 aliphatic heterocycles. The standard InChI is InChI=1S/C14H17N3O3S/c1-14(2,20)7-17(3)12(19)8-4-5-9-10(6-8)15-13(21)16-11(9)18/h4-6,20H,7H2,1-3H3,(H2,15,16,18,21). The molecular weight excluding hydrogens is 290 g/mol. The van der Waals surface area contributed by atoms with Gasteiger partial charge in [-0.15, -0.1) is 0 Å². The third-order valence-electron chi connectivity index (χ3n) is 2.96. The average Bonchev–Trinajstić information content (AvgIpc) is 2.34. The number of H-pyrrole nitrogens is 2. The van der Waals surface area contributed by atoms with Gasteiger partial charge in [-0.2, -0.15) is 0 Å². The van der Waals surface area contributed by atoms with Crippen LogP contribution in [0.2, 0.25) is 0 Å². The lowest BCUT2D eigenvalue weighted by molar-refractivity contribution is 0.0368. The second kappa shape index (κ2) is 5.42. The molecule has 0 fully saturated rings. The van der Waals surface area contributed by atoms with Gasteiger partial charge in [0, 0.05) is 19.2 Å². The van der Waals surface area contributed by atoms with Gasteiger partial charge in [0.1, 0.15) is 0 Å². The van der Waals surface area contributed by atoms with Gasteiger partial charge in [0.2, 0.25) is 0 Å². The van der Waals surface area contributed by atoms with Gasteiger partial charge in [-0.3, -0.25) is 14.6 Å². The number of hydrogen-bond acceptors (Lipinski definition) is 4. The quantitative estimate of drug-likeness (QED) is 0.748. The van der Waals surface area contributed by atoms with Crippen molar-refractivity contribution in [3.8, 4) is 0 Å².